The van der Waals surface area contributed by atoms with Crippen LogP contribution in [0, 0.1) is 5.41 Å². The molecule has 2 aliphatic rings. The minimum atomic E-state index is -2.17. The van der Waals surface area contributed by atoms with E-state index in [1.807, 2.05) is 4.90 Å². The highest BCUT2D eigenvalue weighted by Crippen LogP contribution is 2.38. The van der Waals surface area contributed by atoms with Gasteiger partial charge in [-0.05, 0) is 20.0 Å². The lowest BCUT2D eigenvalue weighted by Crippen LogP contribution is -2.55. The van der Waals surface area contributed by atoms with E-state index in [1.165, 1.54) is 0 Å². The number of hydrogen-bond acceptors (Lipinski definition) is 2. The van der Waals surface area contributed by atoms with Gasteiger partial charge in [-0.25, -0.2) is 8.78 Å². The number of nitrogens with zero attached hydrogens (tertiary/aromatic N) is 2. The summed E-state index contributed by atoms with van der Waals surface area (Å²) in [5.74, 6) is 0. The monoisotopic (exact) mass is 190 g/mol. The van der Waals surface area contributed by atoms with Crippen LogP contribution in [0.5, 0.6) is 0 Å². The summed E-state index contributed by atoms with van der Waals surface area (Å²) in [6.45, 7) is 3.88. The molecule has 2 saturated heterocycles. The zero-order valence-electron chi connectivity index (χ0n) is 7.97. The molecule has 0 aromatic carbocycles. The predicted molar refractivity (Wildman–Crippen MR) is 47.0 cm³/mol. The third-order valence-electron chi connectivity index (χ3n) is 3.12. The molecule has 2 rings (SSSR count). The molecule has 2 nitrogen and oxygen atoms in total. The van der Waals surface area contributed by atoms with E-state index in [-0.39, 0.29) is 6.54 Å². The van der Waals surface area contributed by atoms with Gasteiger partial charge in [-0.2, -0.15) is 0 Å². The fourth-order valence-corrected chi connectivity index (χ4v) is 2.74. The summed E-state index contributed by atoms with van der Waals surface area (Å²) in [4.78, 5) is 4.16. The lowest BCUT2D eigenvalue weighted by Gasteiger charge is -2.46. The molecule has 2 heterocycles. The molecule has 0 aromatic heterocycles. The van der Waals surface area contributed by atoms with E-state index in [1.54, 1.807) is 0 Å². The zero-order chi connectivity index (χ0) is 9.47. The Morgan fingerprint density at radius 3 is 2.54 bits per heavy atom. The fraction of sp³-hybridized carbons (Fsp3) is 1.00. The summed E-state index contributed by atoms with van der Waals surface area (Å²) < 4.78 is 24.2. The van der Waals surface area contributed by atoms with Crippen molar-refractivity contribution in [3.05, 3.63) is 0 Å². The molecule has 0 radical (unpaired) electrons. The van der Waals surface area contributed by atoms with Crippen molar-refractivity contribution in [2.24, 2.45) is 5.41 Å². The van der Waals surface area contributed by atoms with Gasteiger partial charge in [0.05, 0.1) is 6.54 Å². The van der Waals surface area contributed by atoms with Crippen LogP contribution in [-0.2, 0) is 0 Å². The maximum Gasteiger partial charge on any atom is 0.251 e. The van der Waals surface area contributed by atoms with Crippen LogP contribution in [0.3, 0.4) is 0 Å². The Bertz CT molecular complexity index is 190. The van der Waals surface area contributed by atoms with Crippen molar-refractivity contribution >= 4 is 0 Å². The topological polar surface area (TPSA) is 6.48 Å². The van der Waals surface area contributed by atoms with E-state index in [0.717, 1.165) is 32.6 Å². The van der Waals surface area contributed by atoms with Crippen LogP contribution >= 0.6 is 0 Å². The number of halogens is 2. The highest BCUT2D eigenvalue weighted by Gasteiger charge is 2.46. The maximum atomic E-state index is 12.1. The van der Waals surface area contributed by atoms with E-state index in [9.17, 15) is 8.78 Å². The summed E-state index contributed by atoms with van der Waals surface area (Å²) >= 11 is 0. The Hall–Kier alpha value is -0.220. The lowest BCUT2D eigenvalue weighted by molar-refractivity contribution is 0.0228. The van der Waals surface area contributed by atoms with Crippen molar-refractivity contribution in [1.82, 2.24) is 9.80 Å². The average molecular weight is 190 g/mol. The molecule has 2 aliphatic heterocycles. The standard InChI is InChI=1S/C9H16F2N2/c1-12-5-9(6-12)2-3-13(7-9)4-8(10)11/h8H,2-7H2,1H3. The van der Waals surface area contributed by atoms with Crippen molar-refractivity contribution in [2.45, 2.75) is 12.8 Å². The van der Waals surface area contributed by atoms with Gasteiger partial charge in [0.1, 0.15) is 0 Å². The third-order valence-corrected chi connectivity index (χ3v) is 3.12. The fourth-order valence-electron chi connectivity index (χ4n) is 2.74. The van der Waals surface area contributed by atoms with Gasteiger partial charge in [-0.1, -0.05) is 0 Å². The molecular formula is C9H16F2N2. The summed E-state index contributed by atoms with van der Waals surface area (Å²) in [6, 6.07) is 0. The predicted octanol–water partition coefficient (Wildman–Crippen LogP) is 0.889. The van der Waals surface area contributed by atoms with Crippen LogP contribution in [0.25, 0.3) is 0 Å². The molecule has 13 heavy (non-hydrogen) atoms. The van der Waals surface area contributed by atoms with Gasteiger partial charge < -0.3 is 4.90 Å². The Kier molecular flexibility index (Phi) is 2.28. The van der Waals surface area contributed by atoms with E-state index < -0.39 is 6.43 Å². The van der Waals surface area contributed by atoms with Gasteiger partial charge in [0, 0.05) is 25.0 Å². The summed E-state index contributed by atoms with van der Waals surface area (Å²) in [5, 5.41) is 0. The van der Waals surface area contributed by atoms with Crippen LogP contribution < -0.4 is 0 Å². The Morgan fingerprint density at radius 2 is 2.00 bits per heavy atom. The van der Waals surface area contributed by atoms with Crippen molar-refractivity contribution in [1.29, 1.82) is 0 Å². The van der Waals surface area contributed by atoms with Crippen molar-refractivity contribution in [3.8, 4) is 0 Å². The number of rotatable bonds is 2. The van der Waals surface area contributed by atoms with E-state index in [4.69, 9.17) is 0 Å². The second-order valence-electron chi connectivity index (χ2n) is 4.55. The van der Waals surface area contributed by atoms with Gasteiger partial charge in [-0.15, -0.1) is 0 Å². The third kappa shape index (κ3) is 1.83. The minimum absolute atomic E-state index is 0.0362. The smallest absolute Gasteiger partial charge is 0.251 e. The van der Waals surface area contributed by atoms with Crippen LogP contribution in [0.15, 0.2) is 0 Å². The Labute approximate surface area is 77.5 Å². The average Bonchev–Trinajstić information content (AvgIpc) is 2.30. The second kappa shape index (κ2) is 3.17. The molecule has 0 N–H and O–H groups in total. The molecule has 1 spiro atoms. The van der Waals surface area contributed by atoms with Gasteiger partial charge in [-0.3, -0.25) is 4.90 Å². The number of hydrogen-bond donors (Lipinski definition) is 0. The van der Waals surface area contributed by atoms with Gasteiger partial charge in [0.2, 0.25) is 0 Å². The second-order valence-corrected chi connectivity index (χ2v) is 4.55. The number of alkyl halides is 2. The van der Waals surface area contributed by atoms with Crippen LogP contribution in [0.2, 0.25) is 0 Å². The highest BCUT2D eigenvalue weighted by atomic mass is 19.3. The van der Waals surface area contributed by atoms with Gasteiger partial charge in [0.25, 0.3) is 6.43 Å². The highest BCUT2D eigenvalue weighted by molar-refractivity contribution is 5.00. The molecular weight excluding hydrogens is 174 g/mol. The molecule has 0 saturated carbocycles. The maximum absolute atomic E-state index is 12.1. The zero-order valence-corrected chi connectivity index (χ0v) is 7.97. The van der Waals surface area contributed by atoms with Crippen molar-refractivity contribution in [2.75, 3.05) is 39.8 Å². The summed E-state index contributed by atoms with van der Waals surface area (Å²) in [5.41, 5.74) is 0.365. The molecule has 0 bridgehead atoms. The SMILES string of the molecule is CN1CC2(CCN(CC(F)F)C2)C1. The quantitative estimate of drug-likeness (QED) is 0.638. The van der Waals surface area contributed by atoms with Gasteiger partial charge >= 0.3 is 0 Å². The molecule has 2 fully saturated rings. The van der Waals surface area contributed by atoms with E-state index in [2.05, 4.69) is 11.9 Å². The minimum Gasteiger partial charge on any atom is -0.305 e. The lowest BCUT2D eigenvalue weighted by atomic mass is 9.79. The van der Waals surface area contributed by atoms with Gasteiger partial charge in [0.15, 0.2) is 0 Å². The summed E-state index contributed by atoms with van der Waals surface area (Å²) in [6.07, 6.45) is -1.07. The molecule has 0 amide bonds. The number of likely N-dealkylation sites (tertiary alicyclic amines) is 2. The van der Waals surface area contributed by atoms with Crippen molar-refractivity contribution < 1.29 is 8.78 Å². The first-order valence-corrected chi connectivity index (χ1v) is 4.79. The van der Waals surface area contributed by atoms with E-state index in [0.29, 0.717) is 5.41 Å². The molecule has 0 unspecified atom stereocenters. The van der Waals surface area contributed by atoms with E-state index >= 15 is 0 Å². The van der Waals surface area contributed by atoms with Crippen LogP contribution in [-0.4, -0.2) is 56.0 Å². The molecule has 0 aromatic rings. The van der Waals surface area contributed by atoms with Crippen LogP contribution in [0.1, 0.15) is 6.42 Å². The molecule has 76 valence electrons. The summed E-state index contributed by atoms with van der Waals surface area (Å²) in [7, 11) is 2.08. The largest absolute Gasteiger partial charge is 0.305 e. The first-order valence-electron chi connectivity index (χ1n) is 4.79. The Balaban J connectivity index is 1.81. The normalized spacial score (nSPS) is 28.6. The molecule has 0 atom stereocenters. The Morgan fingerprint density at radius 1 is 1.31 bits per heavy atom. The first-order chi connectivity index (χ1) is 6.10. The van der Waals surface area contributed by atoms with Crippen molar-refractivity contribution in [3.63, 3.8) is 0 Å². The molecule has 4 heteroatoms. The molecule has 0 aliphatic carbocycles. The van der Waals surface area contributed by atoms with Crippen LogP contribution in [0.4, 0.5) is 8.78 Å². The first kappa shape index (κ1) is 9.34.